The van der Waals surface area contributed by atoms with E-state index >= 15 is 0 Å². The molecule has 0 N–H and O–H groups in total. The highest BCUT2D eigenvalue weighted by Crippen LogP contribution is 2.34. The molecule has 96 valence electrons. The molecule has 2 heterocycles. The Kier molecular flexibility index (Phi) is 4.59. The highest BCUT2D eigenvalue weighted by Gasteiger charge is 2.17. The number of ether oxygens (including phenoxy) is 1. The Morgan fingerprint density at radius 1 is 1.61 bits per heavy atom. The molecule has 2 aromatic heterocycles. The number of nitrogens with zero attached hydrogens (tertiary/aromatic N) is 1. The zero-order chi connectivity index (χ0) is 13.1. The third-order valence-electron chi connectivity index (χ3n) is 2.48. The number of aromatic nitrogens is 1. The standard InChI is InChI=1S/C12H11BrClNO2S/c1-2-17-12(16)8-5-15-11(14)9-7(3-4-13)6-18-10(8)9/h5-6H,2-4H2,1H3. The van der Waals surface area contributed by atoms with Crippen molar-refractivity contribution in [2.24, 2.45) is 0 Å². The van der Waals surface area contributed by atoms with E-state index in [0.717, 1.165) is 27.4 Å². The zero-order valence-corrected chi connectivity index (χ0v) is 12.9. The van der Waals surface area contributed by atoms with E-state index in [1.807, 2.05) is 5.38 Å². The molecule has 0 fully saturated rings. The van der Waals surface area contributed by atoms with Gasteiger partial charge in [0.2, 0.25) is 0 Å². The Bertz CT molecular complexity index is 585. The van der Waals surface area contributed by atoms with Crippen LogP contribution < -0.4 is 0 Å². The average Bonchev–Trinajstić information content (AvgIpc) is 2.75. The molecule has 18 heavy (non-hydrogen) atoms. The van der Waals surface area contributed by atoms with Crippen LogP contribution in [0.1, 0.15) is 22.8 Å². The highest BCUT2D eigenvalue weighted by molar-refractivity contribution is 9.09. The summed E-state index contributed by atoms with van der Waals surface area (Å²) in [5, 5.41) is 4.17. The number of thiophene rings is 1. The van der Waals surface area contributed by atoms with Gasteiger partial charge in [-0.25, -0.2) is 9.78 Å². The minimum Gasteiger partial charge on any atom is -0.462 e. The summed E-state index contributed by atoms with van der Waals surface area (Å²) in [6.45, 7) is 2.13. The number of halogens is 2. The minimum absolute atomic E-state index is 0.348. The number of fused-ring (bicyclic) bond motifs is 1. The molecule has 0 atom stereocenters. The second kappa shape index (κ2) is 5.99. The van der Waals surface area contributed by atoms with Crippen LogP contribution in [-0.4, -0.2) is 22.9 Å². The van der Waals surface area contributed by atoms with Crippen molar-refractivity contribution in [3.8, 4) is 0 Å². The van der Waals surface area contributed by atoms with Crippen LogP contribution in [0.5, 0.6) is 0 Å². The Morgan fingerprint density at radius 2 is 2.39 bits per heavy atom. The van der Waals surface area contributed by atoms with E-state index in [1.54, 1.807) is 6.92 Å². The van der Waals surface area contributed by atoms with Gasteiger partial charge in [0.1, 0.15) is 5.15 Å². The van der Waals surface area contributed by atoms with Crippen molar-refractivity contribution < 1.29 is 9.53 Å². The summed E-state index contributed by atoms with van der Waals surface area (Å²) in [6.07, 6.45) is 2.34. The quantitative estimate of drug-likeness (QED) is 0.475. The van der Waals surface area contributed by atoms with Crippen LogP contribution in [0.25, 0.3) is 10.1 Å². The first-order chi connectivity index (χ1) is 8.69. The average molecular weight is 349 g/mol. The van der Waals surface area contributed by atoms with E-state index in [0.29, 0.717) is 17.3 Å². The van der Waals surface area contributed by atoms with Crippen LogP contribution in [0, 0.1) is 0 Å². The van der Waals surface area contributed by atoms with Gasteiger partial charge in [-0.05, 0) is 24.3 Å². The van der Waals surface area contributed by atoms with Crippen molar-refractivity contribution in [1.29, 1.82) is 0 Å². The van der Waals surface area contributed by atoms with Gasteiger partial charge in [-0.2, -0.15) is 0 Å². The maximum absolute atomic E-state index is 11.8. The number of carbonyl (C=O) groups is 1. The van der Waals surface area contributed by atoms with Gasteiger partial charge in [0.15, 0.2) is 0 Å². The zero-order valence-electron chi connectivity index (χ0n) is 9.70. The van der Waals surface area contributed by atoms with Crippen LogP contribution in [0.2, 0.25) is 5.15 Å². The van der Waals surface area contributed by atoms with E-state index in [1.165, 1.54) is 17.5 Å². The molecule has 0 saturated carbocycles. The number of hydrogen-bond donors (Lipinski definition) is 0. The Labute approximate surface area is 122 Å². The van der Waals surface area contributed by atoms with Crippen molar-refractivity contribution >= 4 is 54.9 Å². The Morgan fingerprint density at radius 3 is 3.06 bits per heavy atom. The van der Waals surface area contributed by atoms with Gasteiger partial charge in [-0.1, -0.05) is 27.5 Å². The number of hydrogen-bond acceptors (Lipinski definition) is 4. The van der Waals surface area contributed by atoms with E-state index in [2.05, 4.69) is 20.9 Å². The molecule has 0 aliphatic heterocycles. The van der Waals surface area contributed by atoms with Gasteiger partial charge in [-0.3, -0.25) is 0 Å². The molecule has 0 aliphatic carbocycles. The molecule has 0 radical (unpaired) electrons. The molecule has 0 bridgehead atoms. The van der Waals surface area contributed by atoms with Crippen LogP contribution in [0.15, 0.2) is 11.6 Å². The molecule has 0 amide bonds. The maximum Gasteiger partial charge on any atom is 0.341 e. The molecular weight excluding hydrogens is 338 g/mol. The molecule has 2 rings (SSSR count). The summed E-state index contributed by atoms with van der Waals surface area (Å²) in [5.41, 5.74) is 1.59. The van der Waals surface area contributed by atoms with Gasteiger partial charge in [0.25, 0.3) is 0 Å². The summed E-state index contributed by atoms with van der Waals surface area (Å²) in [4.78, 5) is 15.9. The third-order valence-corrected chi connectivity index (χ3v) is 4.23. The van der Waals surface area contributed by atoms with Gasteiger partial charge >= 0.3 is 5.97 Å². The monoisotopic (exact) mass is 347 g/mol. The minimum atomic E-state index is -0.348. The smallest absolute Gasteiger partial charge is 0.341 e. The Hall–Kier alpha value is -0.650. The fourth-order valence-electron chi connectivity index (χ4n) is 1.70. The molecule has 3 nitrogen and oxygen atoms in total. The number of carbonyl (C=O) groups excluding carboxylic acids is 1. The molecule has 0 aromatic carbocycles. The fourth-order valence-corrected chi connectivity index (χ4v) is 3.55. The molecule has 0 unspecified atom stereocenters. The number of aryl methyl sites for hydroxylation is 1. The van der Waals surface area contributed by atoms with Gasteiger partial charge in [0.05, 0.1) is 16.9 Å². The van der Waals surface area contributed by atoms with Crippen molar-refractivity contribution in [3.63, 3.8) is 0 Å². The summed E-state index contributed by atoms with van der Waals surface area (Å²) in [6, 6.07) is 0. The third kappa shape index (κ3) is 2.53. The maximum atomic E-state index is 11.8. The van der Waals surface area contributed by atoms with Gasteiger partial charge in [0, 0.05) is 16.9 Å². The van der Waals surface area contributed by atoms with Crippen LogP contribution in [0.4, 0.5) is 0 Å². The lowest BCUT2D eigenvalue weighted by atomic mass is 10.1. The van der Waals surface area contributed by atoms with Crippen LogP contribution >= 0.6 is 38.9 Å². The van der Waals surface area contributed by atoms with E-state index in [-0.39, 0.29) is 5.97 Å². The SMILES string of the molecule is CCOC(=O)c1cnc(Cl)c2c(CCBr)csc12. The number of alkyl halides is 1. The van der Waals surface area contributed by atoms with Gasteiger partial charge < -0.3 is 4.74 Å². The van der Waals surface area contributed by atoms with Crippen molar-refractivity contribution in [2.75, 3.05) is 11.9 Å². The van der Waals surface area contributed by atoms with E-state index < -0.39 is 0 Å². The summed E-state index contributed by atoms with van der Waals surface area (Å²) >= 11 is 11.0. The fraction of sp³-hybridized carbons (Fsp3) is 0.333. The normalized spacial score (nSPS) is 10.8. The molecule has 0 aliphatic rings. The lowest BCUT2D eigenvalue weighted by Gasteiger charge is -2.04. The number of rotatable bonds is 4. The second-order valence-electron chi connectivity index (χ2n) is 3.59. The molecular formula is C12H11BrClNO2S. The Balaban J connectivity index is 2.57. The highest BCUT2D eigenvalue weighted by atomic mass is 79.9. The first-order valence-electron chi connectivity index (χ1n) is 5.46. The number of pyridine rings is 1. The molecule has 0 saturated heterocycles. The predicted octanol–water partition coefficient (Wildman–Crippen LogP) is 4.06. The summed E-state index contributed by atoms with van der Waals surface area (Å²) in [7, 11) is 0. The summed E-state index contributed by atoms with van der Waals surface area (Å²) < 4.78 is 5.87. The lowest BCUT2D eigenvalue weighted by Crippen LogP contribution is -2.05. The molecule has 2 aromatic rings. The largest absolute Gasteiger partial charge is 0.462 e. The van der Waals surface area contributed by atoms with Crippen molar-refractivity contribution in [3.05, 3.63) is 27.9 Å². The van der Waals surface area contributed by atoms with Crippen LogP contribution in [0.3, 0.4) is 0 Å². The van der Waals surface area contributed by atoms with Crippen molar-refractivity contribution in [1.82, 2.24) is 4.98 Å². The number of esters is 1. The lowest BCUT2D eigenvalue weighted by molar-refractivity contribution is 0.0528. The van der Waals surface area contributed by atoms with E-state index in [9.17, 15) is 4.79 Å². The first kappa shape index (κ1) is 13.8. The van der Waals surface area contributed by atoms with Crippen LogP contribution in [-0.2, 0) is 11.2 Å². The second-order valence-corrected chi connectivity index (χ2v) is 5.62. The van der Waals surface area contributed by atoms with Gasteiger partial charge in [-0.15, -0.1) is 11.3 Å². The summed E-state index contributed by atoms with van der Waals surface area (Å²) in [5.74, 6) is -0.348. The predicted molar refractivity (Wildman–Crippen MR) is 78.1 cm³/mol. The first-order valence-corrected chi connectivity index (χ1v) is 7.84. The molecule has 0 spiro atoms. The molecule has 6 heteroatoms. The van der Waals surface area contributed by atoms with E-state index in [4.69, 9.17) is 16.3 Å². The van der Waals surface area contributed by atoms with Crippen molar-refractivity contribution in [2.45, 2.75) is 13.3 Å². The topological polar surface area (TPSA) is 39.2 Å².